The van der Waals surface area contributed by atoms with Gasteiger partial charge in [-0.1, -0.05) is 40.7 Å². The van der Waals surface area contributed by atoms with Crippen LogP contribution in [0.4, 0.5) is 0 Å². The third kappa shape index (κ3) is 3.17. The number of aryl methyl sites for hydroxylation is 1. The molecule has 1 aliphatic rings. The number of phenolic OH excluding ortho intramolecular Hbond substituents is 1. The standard InChI is InChI=1S/C20H32O2/c1-12(2)15-7-8-20(6,11-19(15)22)17-10-16(13(3)4)18(21)9-14(17)5/h9-10,12-13,15,19,21-22H,7-8,11H2,1-6H3/t15-,19+,20+/m0/s1. The van der Waals surface area contributed by atoms with Crippen LogP contribution >= 0.6 is 0 Å². The zero-order chi connectivity index (χ0) is 16.7. The highest BCUT2D eigenvalue weighted by Crippen LogP contribution is 2.46. The van der Waals surface area contributed by atoms with E-state index in [4.69, 9.17) is 0 Å². The average molecular weight is 304 g/mol. The Morgan fingerprint density at radius 3 is 2.32 bits per heavy atom. The van der Waals surface area contributed by atoms with Crippen molar-refractivity contribution in [1.82, 2.24) is 0 Å². The summed E-state index contributed by atoms with van der Waals surface area (Å²) in [5.41, 5.74) is 3.46. The summed E-state index contributed by atoms with van der Waals surface area (Å²) in [5, 5.41) is 20.8. The van der Waals surface area contributed by atoms with E-state index >= 15 is 0 Å². The molecule has 0 unspecified atom stereocenters. The first-order valence-electron chi connectivity index (χ1n) is 8.67. The Kier molecular flexibility index (Phi) is 4.91. The normalized spacial score (nSPS) is 29.3. The van der Waals surface area contributed by atoms with Crippen molar-refractivity contribution < 1.29 is 10.2 Å². The molecule has 0 saturated heterocycles. The Hall–Kier alpha value is -1.02. The quantitative estimate of drug-likeness (QED) is 0.834. The summed E-state index contributed by atoms with van der Waals surface area (Å²) in [5.74, 6) is 1.65. The molecule has 3 atom stereocenters. The molecule has 2 heteroatoms. The largest absolute Gasteiger partial charge is 0.508 e. The fraction of sp³-hybridized carbons (Fsp3) is 0.700. The number of aromatic hydroxyl groups is 1. The molecule has 1 aromatic carbocycles. The van der Waals surface area contributed by atoms with Crippen LogP contribution in [0.5, 0.6) is 5.75 Å². The summed E-state index contributed by atoms with van der Waals surface area (Å²) in [6.07, 6.45) is 2.77. The summed E-state index contributed by atoms with van der Waals surface area (Å²) in [6.45, 7) is 13.0. The second-order valence-corrected chi connectivity index (χ2v) is 8.16. The molecule has 124 valence electrons. The molecule has 2 nitrogen and oxygen atoms in total. The summed E-state index contributed by atoms with van der Waals surface area (Å²) >= 11 is 0. The van der Waals surface area contributed by atoms with Crippen LogP contribution < -0.4 is 0 Å². The molecule has 0 aromatic heterocycles. The monoisotopic (exact) mass is 304 g/mol. The van der Waals surface area contributed by atoms with Gasteiger partial charge in [0.25, 0.3) is 0 Å². The van der Waals surface area contributed by atoms with E-state index in [2.05, 4.69) is 47.6 Å². The molecule has 1 aromatic rings. The van der Waals surface area contributed by atoms with Crippen LogP contribution in [-0.4, -0.2) is 16.3 Å². The zero-order valence-corrected chi connectivity index (χ0v) is 15.0. The van der Waals surface area contributed by atoms with Crippen LogP contribution in [0.1, 0.15) is 76.5 Å². The summed E-state index contributed by atoms with van der Waals surface area (Å²) in [7, 11) is 0. The van der Waals surface area contributed by atoms with Gasteiger partial charge < -0.3 is 10.2 Å². The maximum absolute atomic E-state index is 10.6. The minimum atomic E-state index is -0.227. The molecule has 0 radical (unpaired) electrons. The van der Waals surface area contributed by atoms with Gasteiger partial charge in [-0.25, -0.2) is 0 Å². The van der Waals surface area contributed by atoms with Crippen molar-refractivity contribution in [2.45, 2.75) is 78.2 Å². The molecule has 2 N–H and O–H groups in total. The van der Waals surface area contributed by atoms with Crippen LogP contribution in [-0.2, 0) is 5.41 Å². The molecule has 22 heavy (non-hydrogen) atoms. The van der Waals surface area contributed by atoms with Gasteiger partial charge in [0.15, 0.2) is 0 Å². The van der Waals surface area contributed by atoms with Gasteiger partial charge in [0.05, 0.1) is 6.10 Å². The lowest BCUT2D eigenvalue weighted by Gasteiger charge is -2.43. The number of aliphatic hydroxyl groups excluding tert-OH is 1. The predicted molar refractivity (Wildman–Crippen MR) is 92.5 cm³/mol. The van der Waals surface area contributed by atoms with E-state index in [0.29, 0.717) is 23.5 Å². The van der Waals surface area contributed by atoms with Crippen molar-refractivity contribution in [3.05, 3.63) is 28.8 Å². The number of phenols is 1. The smallest absolute Gasteiger partial charge is 0.119 e. The van der Waals surface area contributed by atoms with E-state index in [1.165, 1.54) is 5.56 Å². The Balaban J connectivity index is 2.37. The van der Waals surface area contributed by atoms with Gasteiger partial charge in [-0.05, 0) is 72.1 Å². The minimum absolute atomic E-state index is 0.00618. The van der Waals surface area contributed by atoms with E-state index in [-0.39, 0.29) is 11.5 Å². The molecule has 0 amide bonds. The number of rotatable bonds is 3. The Bertz CT molecular complexity index is 533. The predicted octanol–water partition coefficient (Wildman–Crippen LogP) is 4.90. The Labute approximate surface area is 135 Å². The van der Waals surface area contributed by atoms with Crippen molar-refractivity contribution in [1.29, 1.82) is 0 Å². The molecule has 0 aliphatic heterocycles. The van der Waals surface area contributed by atoms with Crippen molar-refractivity contribution in [2.75, 3.05) is 0 Å². The van der Waals surface area contributed by atoms with Gasteiger partial charge in [0, 0.05) is 0 Å². The lowest BCUT2D eigenvalue weighted by atomic mass is 9.63. The van der Waals surface area contributed by atoms with Crippen molar-refractivity contribution in [3.8, 4) is 5.75 Å². The molecule has 1 fully saturated rings. The van der Waals surface area contributed by atoms with Crippen LogP contribution in [0.3, 0.4) is 0 Å². The van der Waals surface area contributed by atoms with E-state index in [0.717, 1.165) is 30.4 Å². The van der Waals surface area contributed by atoms with Crippen molar-refractivity contribution in [3.63, 3.8) is 0 Å². The van der Waals surface area contributed by atoms with Crippen molar-refractivity contribution >= 4 is 0 Å². The number of benzene rings is 1. The van der Waals surface area contributed by atoms with Crippen LogP contribution in [0.15, 0.2) is 12.1 Å². The van der Waals surface area contributed by atoms with Crippen LogP contribution in [0.2, 0.25) is 0 Å². The first kappa shape index (κ1) is 17.3. The van der Waals surface area contributed by atoms with E-state index in [1.54, 1.807) is 0 Å². The maximum Gasteiger partial charge on any atom is 0.119 e. The number of hydrogen-bond donors (Lipinski definition) is 2. The molecular weight excluding hydrogens is 272 g/mol. The molecule has 1 saturated carbocycles. The topological polar surface area (TPSA) is 40.5 Å². The van der Waals surface area contributed by atoms with Gasteiger partial charge in [-0.3, -0.25) is 0 Å². The summed E-state index contributed by atoms with van der Waals surface area (Å²) in [6, 6.07) is 4.08. The first-order chi connectivity index (χ1) is 10.2. The molecule has 2 rings (SSSR count). The zero-order valence-electron chi connectivity index (χ0n) is 15.0. The Morgan fingerprint density at radius 1 is 1.18 bits per heavy atom. The van der Waals surface area contributed by atoms with E-state index < -0.39 is 0 Å². The molecule has 0 bridgehead atoms. The summed E-state index contributed by atoms with van der Waals surface area (Å²) in [4.78, 5) is 0. The van der Waals surface area contributed by atoms with Gasteiger partial charge in [-0.15, -0.1) is 0 Å². The van der Waals surface area contributed by atoms with Gasteiger partial charge in [0.1, 0.15) is 5.75 Å². The third-order valence-corrected chi connectivity index (χ3v) is 5.69. The second kappa shape index (κ2) is 6.23. The highest BCUT2D eigenvalue weighted by Gasteiger charge is 2.40. The highest BCUT2D eigenvalue weighted by molar-refractivity contribution is 5.46. The fourth-order valence-electron chi connectivity index (χ4n) is 4.24. The second-order valence-electron chi connectivity index (χ2n) is 8.16. The maximum atomic E-state index is 10.6. The summed E-state index contributed by atoms with van der Waals surface area (Å²) < 4.78 is 0. The lowest BCUT2D eigenvalue weighted by molar-refractivity contribution is 0.0151. The van der Waals surface area contributed by atoms with E-state index in [9.17, 15) is 10.2 Å². The fourth-order valence-corrected chi connectivity index (χ4v) is 4.24. The van der Waals surface area contributed by atoms with Gasteiger partial charge in [0.2, 0.25) is 0 Å². The lowest BCUT2D eigenvalue weighted by Crippen LogP contribution is -2.40. The van der Waals surface area contributed by atoms with Gasteiger partial charge in [-0.2, -0.15) is 0 Å². The molecule has 0 heterocycles. The number of hydrogen-bond acceptors (Lipinski definition) is 2. The Morgan fingerprint density at radius 2 is 1.82 bits per heavy atom. The molecule has 0 spiro atoms. The minimum Gasteiger partial charge on any atom is -0.508 e. The SMILES string of the molecule is Cc1cc(O)c(C(C)C)cc1[C@]1(C)CC[C@@H](C(C)C)[C@H](O)C1. The molecule has 1 aliphatic carbocycles. The van der Waals surface area contributed by atoms with Crippen LogP contribution in [0.25, 0.3) is 0 Å². The highest BCUT2D eigenvalue weighted by atomic mass is 16.3. The van der Waals surface area contributed by atoms with Crippen molar-refractivity contribution in [2.24, 2.45) is 11.8 Å². The first-order valence-corrected chi connectivity index (χ1v) is 8.67. The molecular formula is C20H32O2. The van der Waals surface area contributed by atoms with E-state index in [1.807, 2.05) is 6.07 Å². The third-order valence-electron chi connectivity index (χ3n) is 5.69. The average Bonchev–Trinajstić information content (AvgIpc) is 2.37. The number of aliphatic hydroxyl groups is 1. The van der Waals surface area contributed by atoms with Gasteiger partial charge >= 0.3 is 0 Å². The van der Waals surface area contributed by atoms with Crippen LogP contribution in [0, 0.1) is 18.8 Å².